The number of halogens is 1. The highest BCUT2D eigenvalue weighted by atomic mass is 31.2. The molecule has 2 aromatic heterocycles. The van der Waals surface area contributed by atoms with Crippen molar-refractivity contribution in [1.82, 2.24) is 14.6 Å². The lowest BCUT2D eigenvalue weighted by atomic mass is 10.0. The number of hydrogen-bond acceptors (Lipinski definition) is 12. The number of unbranched alkanes of at least 4 members (excludes halogenated alkanes) is 11. The van der Waals surface area contributed by atoms with E-state index in [9.17, 15) is 34.6 Å². The fourth-order valence-electron chi connectivity index (χ4n) is 6.97. The van der Waals surface area contributed by atoms with Crippen LogP contribution in [0.5, 0.6) is 0 Å². The Hall–Kier alpha value is -3.50. The second kappa shape index (κ2) is 17.5. The molecule has 1 aliphatic carbocycles. The molecule has 0 radical (unpaired) electrons. The Morgan fingerprint density at radius 3 is 2.38 bits per heavy atom. The Balaban J connectivity index is 1.15. The van der Waals surface area contributed by atoms with Gasteiger partial charge in [-0.05, 0) is 42.3 Å². The van der Waals surface area contributed by atoms with Crippen molar-refractivity contribution < 1.29 is 42.6 Å². The zero-order valence-electron chi connectivity index (χ0n) is 29.4. The van der Waals surface area contributed by atoms with E-state index in [-0.39, 0.29) is 23.7 Å². The lowest BCUT2D eigenvalue weighted by Gasteiger charge is -2.24. The largest absolute Gasteiger partial charge is 0.472 e. The van der Waals surface area contributed by atoms with Crippen LogP contribution < -0.4 is 5.73 Å². The van der Waals surface area contributed by atoms with Gasteiger partial charge in [0.1, 0.15) is 35.9 Å². The van der Waals surface area contributed by atoms with E-state index in [1.54, 1.807) is 18.2 Å². The lowest BCUT2D eigenvalue weighted by molar-refractivity contribution is -0.0769. The first-order valence-electron chi connectivity index (χ1n) is 18.0. The number of nitrogen functional groups attached to an aromatic ring is 1. The van der Waals surface area contributed by atoms with Crippen molar-refractivity contribution in [1.29, 1.82) is 10.5 Å². The molecule has 5 rings (SSSR count). The standard InChI is InChI=1S/C36H48FN6O8P/c1-2-3-4-5-6-7-8-9-10-11-12-13-14-28(48-21-26-17-25(20-38)18-27(37)19-26)22-49-52(46,47)51-34-35(23-39)36(34,45)32(44)31(50-35)29-15-16-30-33(40)41-24-42-43(29)30/h15-19,24,28,31-32,34,44-45H,2-14,21-22H2,1H3,(H,46,47)(H2,40,41,42)/t28-,31+,32-,34+,35+,36+/m0/s1. The van der Waals surface area contributed by atoms with E-state index in [0.717, 1.165) is 31.7 Å². The molecule has 0 spiro atoms. The van der Waals surface area contributed by atoms with Crippen LogP contribution in [0.3, 0.4) is 0 Å². The van der Waals surface area contributed by atoms with Crippen LogP contribution in [0.15, 0.2) is 36.7 Å². The summed E-state index contributed by atoms with van der Waals surface area (Å²) in [5.41, 5.74) is 2.58. The molecule has 52 heavy (non-hydrogen) atoms. The van der Waals surface area contributed by atoms with Gasteiger partial charge in [-0.1, -0.05) is 84.0 Å². The first-order valence-corrected chi connectivity index (χ1v) is 19.5. The monoisotopic (exact) mass is 742 g/mol. The Morgan fingerprint density at radius 2 is 1.75 bits per heavy atom. The van der Waals surface area contributed by atoms with E-state index in [2.05, 4.69) is 17.0 Å². The number of aliphatic hydroxyl groups excluding tert-OH is 1. The normalized spacial score (nSPS) is 25.3. The van der Waals surface area contributed by atoms with Gasteiger partial charge in [-0.3, -0.25) is 9.05 Å². The summed E-state index contributed by atoms with van der Waals surface area (Å²) in [7, 11) is -4.96. The van der Waals surface area contributed by atoms with Gasteiger partial charge in [-0.2, -0.15) is 15.6 Å². The molecule has 5 N–H and O–H groups in total. The average Bonchev–Trinajstić information content (AvgIpc) is 3.36. The van der Waals surface area contributed by atoms with Crippen LogP contribution in [0.1, 0.15) is 113 Å². The number of phosphoric acid groups is 1. The maximum Gasteiger partial charge on any atom is 0.472 e. The molecule has 1 saturated carbocycles. The Morgan fingerprint density at radius 1 is 1.08 bits per heavy atom. The van der Waals surface area contributed by atoms with Crippen LogP contribution in [0.4, 0.5) is 10.2 Å². The van der Waals surface area contributed by atoms with Crippen LogP contribution in [-0.4, -0.2) is 65.8 Å². The van der Waals surface area contributed by atoms with Crippen molar-refractivity contribution in [2.75, 3.05) is 12.3 Å². The molecule has 1 unspecified atom stereocenters. The highest BCUT2D eigenvalue weighted by Crippen LogP contribution is 2.68. The minimum Gasteiger partial charge on any atom is -0.387 e. The van der Waals surface area contributed by atoms with Crippen LogP contribution in [0, 0.1) is 28.5 Å². The minimum absolute atomic E-state index is 0.0817. The van der Waals surface area contributed by atoms with E-state index in [0.29, 0.717) is 17.5 Å². The van der Waals surface area contributed by atoms with Gasteiger partial charge in [0.05, 0.1) is 36.6 Å². The lowest BCUT2D eigenvalue weighted by Crippen LogP contribution is -2.35. The Bertz CT molecular complexity index is 1800. The van der Waals surface area contributed by atoms with Crippen LogP contribution >= 0.6 is 7.82 Å². The first kappa shape index (κ1) is 39.7. The molecule has 3 heterocycles. The van der Waals surface area contributed by atoms with Crippen LogP contribution in [0.2, 0.25) is 0 Å². The minimum atomic E-state index is -4.96. The van der Waals surface area contributed by atoms with Crippen molar-refractivity contribution >= 4 is 19.2 Å². The first-order chi connectivity index (χ1) is 25.0. The SMILES string of the molecule is CCCCCCCCCCCCCC[C@@H](COP(=O)(O)O[C@H]1[C@]2(O)[C@@H](O)[C@@H](c3ccc4c(N)ncnn34)O[C@]12C#N)OCc1cc(F)cc(C#N)c1. The fourth-order valence-corrected chi connectivity index (χ4v) is 7.96. The fraction of sp³-hybridized carbons (Fsp3) is 0.611. The molecule has 1 saturated heterocycles. The number of nitriles is 2. The van der Waals surface area contributed by atoms with Crippen molar-refractivity contribution in [2.45, 2.75) is 133 Å². The number of fused-ring (bicyclic) bond motifs is 2. The molecule has 282 valence electrons. The van der Waals surface area contributed by atoms with Gasteiger partial charge >= 0.3 is 7.82 Å². The molecule has 3 aromatic rings. The molecule has 1 aromatic carbocycles. The number of aromatic nitrogens is 3. The third kappa shape index (κ3) is 8.82. The van der Waals surface area contributed by atoms with Gasteiger partial charge in [0.15, 0.2) is 17.5 Å². The Kier molecular flexibility index (Phi) is 13.4. The van der Waals surface area contributed by atoms with Crippen molar-refractivity contribution in [3.63, 3.8) is 0 Å². The summed E-state index contributed by atoms with van der Waals surface area (Å²) in [6, 6.07) is 10.7. The van der Waals surface area contributed by atoms with Crippen LogP contribution in [0.25, 0.3) is 5.52 Å². The van der Waals surface area contributed by atoms with Crippen LogP contribution in [-0.2, 0) is 29.7 Å². The van der Waals surface area contributed by atoms with E-state index in [1.807, 2.05) is 6.07 Å². The highest BCUT2D eigenvalue weighted by molar-refractivity contribution is 7.47. The predicted molar refractivity (Wildman–Crippen MR) is 187 cm³/mol. The molecular formula is C36H48FN6O8P. The summed E-state index contributed by atoms with van der Waals surface area (Å²) in [6.45, 7) is 1.73. The van der Waals surface area contributed by atoms with E-state index < -0.39 is 55.9 Å². The molecule has 2 fully saturated rings. The number of hydrogen-bond donors (Lipinski definition) is 4. The number of ether oxygens (including phenoxy) is 2. The highest BCUT2D eigenvalue weighted by Gasteiger charge is 2.90. The predicted octanol–water partition coefficient (Wildman–Crippen LogP) is 5.94. The molecule has 7 atom stereocenters. The quantitative estimate of drug-likeness (QED) is 0.0693. The summed E-state index contributed by atoms with van der Waals surface area (Å²) in [6.07, 6.45) is 10.1. The third-order valence-electron chi connectivity index (χ3n) is 9.91. The number of rotatable bonds is 22. The van der Waals surface area contributed by atoms with E-state index >= 15 is 0 Å². The van der Waals surface area contributed by atoms with Crippen molar-refractivity contribution in [3.05, 3.63) is 59.3 Å². The van der Waals surface area contributed by atoms with E-state index in [1.165, 1.54) is 74.3 Å². The molecule has 1 aliphatic heterocycles. The number of phosphoric ester groups is 1. The van der Waals surface area contributed by atoms with Gasteiger partial charge in [0, 0.05) is 0 Å². The van der Waals surface area contributed by atoms with Gasteiger partial charge in [0.2, 0.25) is 5.60 Å². The molecular weight excluding hydrogens is 694 g/mol. The zero-order chi connectivity index (χ0) is 37.4. The summed E-state index contributed by atoms with van der Waals surface area (Å²) in [4.78, 5) is 14.6. The maximum absolute atomic E-state index is 14.0. The number of nitrogens with zero attached hydrogens (tertiary/aromatic N) is 5. The van der Waals surface area contributed by atoms with Gasteiger partial charge < -0.3 is 30.3 Å². The molecule has 2 aliphatic rings. The topological polar surface area (TPSA) is 218 Å². The summed E-state index contributed by atoms with van der Waals surface area (Å²) in [5.74, 6) is -0.427. The van der Waals surface area contributed by atoms with Crippen molar-refractivity contribution in [2.24, 2.45) is 0 Å². The number of nitrogens with two attached hydrogens (primary N) is 1. The maximum atomic E-state index is 14.0. The second-order valence-electron chi connectivity index (χ2n) is 13.7. The Labute approximate surface area is 302 Å². The molecule has 16 heteroatoms. The number of benzene rings is 1. The van der Waals surface area contributed by atoms with Gasteiger partial charge in [0.25, 0.3) is 0 Å². The summed E-state index contributed by atoms with van der Waals surface area (Å²) >= 11 is 0. The van der Waals surface area contributed by atoms with Gasteiger partial charge in [-0.25, -0.2) is 18.5 Å². The zero-order valence-corrected chi connectivity index (χ0v) is 30.3. The molecule has 0 amide bonds. The summed E-state index contributed by atoms with van der Waals surface area (Å²) in [5, 5.41) is 45.9. The number of anilines is 1. The molecule has 0 bridgehead atoms. The summed E-state index contributed by atoms with van der Waals surface area (Å²) < 4.78 is 51.0. The number of aliphatic hydroxyl groups is 2. The van der Waals surface area contributed by atoms with Crippen molar-refractivity contribution in [3.8, 4) is 12.1 Å². The van der Waals surface area contributed by atoms with Gasteiger partial charge in [-0.15, -0.1) is 0 Å². The molecule has 14 nitrogen and oxygen atoms in total. The smallest absolute Gasteiger partial charge is 0.387 e. The average molecular weight is 743 g/mol. The third-order valence-corrected chi connectivity index (χ3v) is 10.9. The van der Waals surface area contributed by atoms with E-state index in [4.69, 9.17) is 24.3 Å². The second-order valence-corrected chi connectivity index (χ2v) is 15.1.